The fraction of sp³-hybridized carbons (Fsp3) is 0.290. The topological polar surface area (TPSA) is 99.5 Å². The summed E-state index contributed by atoms with van der Waals surface area (Å²) in [6.45, 7) is 6.55. The standard InChI is InChI=1S/C31H34N2O6/c1-6-16-39-25-15-9-21(17-19(25)3)29(35)27-28(20-8-14-24(34)26(18-20)38-7-2)33(31(37)30(27)36)23-12-10-22(11-13-23)32(4)5/h8-15,17-18,28,34-35H,6-7,16H2,1-5H3/b29-27-. The van der Waals surface area contributed by atoms with Gasteiger partial charge in [0.1, 0.15) is 11.5 Å². The van der Waals surface area contributed by atoms with Gasteiger partial charge in [0.25, 0.3) is 11.7 Å². The molecule has 1 heterocycles. The van der Waals surface area contributed by atoms with Crippen molar-refractivity contribution in [3.8, 4) is 17.2 Å². The molecule has 8 heteroatoms. The summed E-state index contributed by atoms with van der Waals surface area (Å²) in [5, 5.41) is 21.8. The Hall–Kier alpha value is -4.46. The second kappa shape index (κ2) is 11.5. The molecule has 0 saturated carbocycles. The number of hydrogen-bond acceptors (Lipinski definition) is 7. The van der Waals surface area contributed by atoms with Gasteiger partial charge in [0, 0.05) is 31.0 Å². The summed E-state index contributed by atoms with van der Waals surface area (Å²) < 4.78 is 11.3. The van der Waals surface area contributed by atoms with E-state index in [-0.39, 0.29) is 22.8 Å². The zero-order valence-corrected chi connectivity index (χ0v) is 22.9. The molecular weight excluding hydrogens is 496 g/mol. The van der Waals surface area contributed by atoms with Gasteiger partial charge in [0.05, 0.1) is 24.8 Å². The molecule has 1 fully saturated rings. The number of aromatic hydroxyl groups is 1. The number of amides is 1. The quantitative estimate of drug-likeness (QED) is 0.212. The van der Waals surface area contributed by atoms with Crippen LogP contribution in [0.15, 0.2) is 66.2 Å². The molecule has 1 saturated heterocycles. The Labute approximate surface area is 228 Å². The van der Waals surface area contributed by atoms with E-state index in [1.165, 1.54) is 11.0 Å². The summed E-state index contributed by atoms with van der Waals surface area (Å²) in [7, 11) is 3.82. The first-order chi connectivity index (χ1) is 18.7. The minimum absolute atomic E-state index is 0.0496. The van der Waals surface area contributed by atoms with Crippen LogP contribution in [0.4, 0.5) is 11.4 Å². The molecule has 1 atom stereocenters. The minimum Gasteiger partial charge on any atom is -0.507 e. The molecule has 0 radical (unpaired) electrons. The second-order valence-corrected chi connectivity index (χ2v) is 9.57. The lowest BCUT2D eigenvalue weighted by molar-refractivity contribution is -0.132. The monoisotopic (exact) mass is 530 g/mol. The molecule has 1 aliphatic heterocycles. The van der Waals surface area contributed by atoms with Crippen molar-refractivity contribution in [3.05, 3.63) is 82.9 Å². The van der Waals surface area contributed by atoms with Crippen molar-refractivity contribution in [2.75, 3.05) is 37.1 Å². The van der Waals surface area contributed by atoms with Crippen molar-refractivity contribution >= 4 is 28.8 Å². The lowest BCUT2D eigenvalue weighted by Gasteiger charge is -2.26. The third-order valence-corrected chi connectivity index (χ3v) is 6.60. The van der Waals surface area contributed by atoms with Gasteiger partial charge in [-0.25, -0.2) is 0 Å². The number of anilines is 2. The zero-order valence-electron chi connectivity index (χ0n) is 22.9. The lowest BCUT2D eigenvalue weighted by Crippen LogP contribution is -2.29. The van der Waals surface area contributed by atoms with Gasteiger partial charge in [0.15, 0.2) is 11.5 Å². The normalized spacial score (nSPS) is 16.4. The third kappa shape index (κ3) is 5.41. The number of aryl methyl sites for hydroxylation is 1. The maximum absolute atomic E-state index is 13.5. The van der Waals surface area contributed by atoms with Crippen LogP contribution < -0.4 is 19.3 Å². The van der Waals surface area contributed by atoms with Crippen molar-refractivity contribution in [2.24, 2.45) is 0 Å². The van der Waals surface area contributed by atoms with E-state index in [4.69, 9.17) is 9.47 Å². The van der Waals surface area contributed by atoms with Gasteiger partial charge in [-0.1, -0.05) is 13.0 Å². The van der Waals surface area contributed by atoms with Crippen LogP contribution in [0, 0.1) is 6.92 Å². The number of ether oxygens (including phenoxy) is 2. The predicted molar refractivity (Wildman–Crippen MR) is 152 cm³/mol. The number of carbonyl (C=O) groups is 2. The Morgan fingerprint density at radius 3 is 2.28 bits per heavy atom. The summed E-state index contributed by atoms with van der Waals surface area (Å²) in [5.41, 5.74) is 3.07. The van der Waals surface area contributed by atoms with Crippen LogP contribution >= 0.6 is 0 Å². The summed E-state index contributed by atoms with van der Waals surface area (Å²) >= 11 is 0. The Kier molecular flexibility index (Phi) is 8.14. The van der Waals surface area contributed by atoms with Crippen LogP contribution in [0.1, 0.15) is 43.0 Å². The second-order valence-electron chi connectivity index (χ2n) is 9.57. The number of hydrogen-bond donors (Lipinski definition) is 2. The molecule has 3 aromatic carbocycles. The molecule has 204 valence electrons. The maximum atomic E-state index is 13.5. The van der Waals surface area contributed by atoms with Crippen molar-refractivity contribution < 1.29 is 29.3 Å². The molecule has 0 spiro atoms. The largest absolute Gasteiger partial charge is 0.507 e. The Bertz CT molecular complexity index is 1410. The Balaban J connectivity index is 1.89. The smallest absolute Gasteiger partial charge is 0.300 e. The minimum atomic E-state index is -0.952. The van der Waals surface area contributed by atoms with Gasteiger partial charge >= 0.3 is 0 Å². The van der Waals surface area contributed by atoms with E-state index in [0.717, 1.165) is 17.7 Å². The maximum Gasteiger partial charge on any atom is 0.300 e. The molecule has 0 aliphatic carbocycles. The number of nitrogens with zero attached hydrogens (tertiary/aromatic N) is 2. The van der Waals surface area contributed by atoms with Gasteiger partial charge in [-0.2, -0.15) is 0 Å². The highest BCUT2D eigenvalue weighted by molar-refractivity contribution is 6.51. The highest BCUT2D eigenvalue weighted by Crippen LogP contribution is 2.44. The van der Waals surface area contributed by atoms with E-state index in [1.807, 2.05) is 45.0 Å². The molecule has 1 aliphatic rings. The third-order valence-electron chi connectivity index (χ3n) is 6.60. The summed E-state index contributed by atoms with van der Waals surface area (Å²) in [6.07, 6.45) is 0.858. The molecule has 3 aromatic rings. The predicted octanol–water partition coefficient (Wildman–Crippen LogP) is 5.58. The first-order valence-corrected chi connectivity index (χ1v) is 13.0. The van der Waals surface area contributed by atoms with Crippen LogP contribution in [0.3, 0.4) is 0 Å². The van der Waals surface area contributed by atoms with Crippen LogP contribution in [0.2, 0.25) is 0 Å². The number of ketones is 1. The highest BCUT2D eigenvalue weighted by atomic mass is 16.5. The van der Waals surface area contributed by atoms with E-state index >= 15 is 0 Å². The van der Waals surface area contributed by atoms with E-state index < -0.39 is 17.7 Å². The molecule has 8 nitrogen and oxygen atoms in total. The number of phenols is 1. The number of Topliss-reactive ketones (excluding diaryl/α,β-unsaturated/α-hetero) is 1. The van der Waals surface area contributed by atoms with Crippen LogP contribution in [0.5, 0.6) is 17.2 Å². The van der Waals surface area contributed by atoms with E-state index in [9.17, 15) is 19.8 Å². The van der Waals surface area contributed by atoms with Crippen LogP contribution in [-0.4, -0.2) is 49.2 Å². The molecule has 2 N–H and O–H groups in total. The van der Waals surface area contributed by atoms with Gasteiger partial charge in [-0.3, -0.25) is 14.5 Å². The number of benzene rings is 3. The van der Waals surface area contributed by atoms with Crippen molar-refractivity contribution in [3.63, 3.8) is 0 Å². The summed E-state index contributed by atoms with van der Waals surface area (Å²) in [6, 6.07) is 16.1. The van der Waals surface area contributed by atoms with Gasteiger partial charge < -0.3 is 24.6 Å². The fourth-order valence-electron chi connectivity index (χ4n) is 4.62. The fourth-order valence-corrected chi connectivity index (χ4v) is 4.62. The van der Waals surface area contributed by atoms with E-state index in [1.54, 1.807) is 49.4 Å². The average molecular weight is 531 g/mol. The number of phenolic OH excluding ortho intramolecular Hbond substituents is 1. The molecule has 0 aromatic heterocycles. The molecule has 1 amide bonds. The van der Waals surface area contributed by atoms with Crippen molar-refractivity contribution in [2.45, 2.75) is 33.2 Å². The molecule has 39 heavy (non-hydrogen) atoms. The Morgan fingerprint density at radius 2 is 1.67 bits per heavy atom. The lowest BCUT2D eigenvalue weighted by atomic mass is 9.94. The van der Waals surface area contributed by atoms with Gasteiger partial charge in [0.2, 0.25) is 0 Å². The number of carbonyl (C=O) groups excluding carboxylic acids is 2. The SMILES string of the molecule is CCCOc1ccc(/C(O)=C2/C(=O)C(=O)N(c3ccc(N(C)C)cc3)C2c2ccc(O)c(OCC)c2)cc1C. The summed E-state index contributed by atoms with van der Waals surface area (Å²) in [4.78, 5) is 30.3. The average Bonchev–Trinajstić information content (AvgIpc) is 3.19. The van der Waals surface area contributed by atoms with Crippen LogP contribution in [-0.2, 0) is 9.59 Å². The number of aliphatic hydroxyl groups is 1. The molecule has 1 unspecified atom stereocenters. The molecule has 0 bridgehead atoms. The molecule has 4 rings (SSSR count). The summed E-state index contributed by atoms with van der Waals surface area (Å²) in [5.74, 6) is -1.01. The van der Waals surface area contributed by atoms with Gasteiger partial charge in [-0.15, -0.1) is 0 Å². The van der Waals surface area contributed by atoms with E-state index in [2.05, 4.69) is 0 Å². The van der Waals surface area contributed by atoms with Crippen LogP contribution in [0.25, 0.3) is 5.76 Å². The molecular formula is C31H34N2O6. The van der Waals surface area contributed by atoms with Gasteiger partial charge in [-0.05, 0) is 86.0 Å². The van der Waals surface area contributed by atoms with Crippen molar-refractivity contribution in [1.82, 2.24) is 0 Å². The number of rotatable bonds is 9. The number of aliphatic hydroxyl groups excluding tert-OH is 1. The zero-order chi connectivity index (χ0) is 28.3. The van der Waals surface area contributed by atoms with E-state index in [0.29, 0.717) is 35.8 Å². The first kappa shape index (κ1) is 27.6. The van der Waals surface area contributed by atoms with Crippen molar-refractivity contribution in [1.29, 1.82) is 0 Å². The highest BCUT2D eigenvalue weighted by Gasteiger charge is 2.47. The Morgan fingerprint density at radius 1 is 0.949 bits per heavy atom. The first-order valence-electron chi connectivity index (χ1n) is 13.0.